The van der Waals surface area contributed by atoms with E-state index in [1.807, 2.05) is 13.8 Å². The van der Waals surface area contributed by atoms with Crippen LogP contribution < -0.4 is 10.1 Å². The number of benzene rings is 1. The molecular weight excluding hydrogens is 381 g/mol. The number of carbonyl (C=O) groups is 1. The first-order valence-corrected chi connectivity index (χ1v) is 9.61. The van der Waals surface area contributed by atoms with Crippen LogP contribution in [0.2, 0.25) is 10.0 Å². The predicted molar refractivity (Wildman–Crippen MR) is 102 cm³/mol. The molecule has 1 saturated heterocycles. The summed E-state index contributed by atoms with van der Waals surface area (Å²) in [5, 5.41) is 3.38. The van der Waals surface area contributed by atoms with Gasteiger partial charge in [0, 0.05) is 17.2 Å². The summed E-state index contributed by atoms with van der Waals surface area (Å²) in [5.41, 5.74) is 1.55. The molecule has 1 N–H and O–H groups in total. The average molecular weight is 400 g/mol. The smallest absolute Gasteiger partial charge is 0.348 e. The Labute approximate surface area is 160 Å². The molecule has 5 nitrogen and oxygen atoms in total. The summed E-state index contributed by atoms with van der Waals surface area (Å²) in [6, 6.07) is 4.60. The highest BCUT2D eigenvalue weighted by atomic mass is 35.5. The van der Waals surface area contributed by atoms with Crippen molar-refractivity contribution in [3.63, 3.8) is 0 Å². The molecule has 1 atom stereocenters. The monoisotopic (exact) mass is 399 g/mol. The van der Waals surface area contributed by atoms with Crippen molar-refractivity contribution >= 4 is 46.3 Å². The quantitative estimate of drug-likeness (QED) is 0.806. The van der Waals surface area contributed by atoms with Crippen LogP contribution in [-0.2, 0) is 11.3 Å². The zero-order valence-corrected chi connectivity index (χ0v) is 16.3. The van der Waals surface area contributed by atoms with E-state index >= 15 is 0 Å². The lowest BCUT2D eigenvalue weighted by molar-refractivity contribution is 0.0959. The minimum Gasteiger partial charge on any atom is -0.376 e. The van der Waals surface area contributed by atoms with Crippen LogP contribution in [-0.4, -0.2) is 23.3 Å². The number of ether oxygens (including phenoxy) is 1. The molecule has 25 heavy (non-hydrogen) atoms. The Morgan fingerprint density at radius 2 is 2.24 bits per heavy atom. The third-order valence-corrected chi connectivity index (χ3v) is 6.11. The van der Waals surface area contributed by atoms with Gasteiger partial charge in [-0.05, 0) is 38.8 Å². The van der Waals surface area contributed by atoms with Gasteiger partial charge in [0.15, 0.2) is 4.80 Å². The van der Waals surface area contributed by atoms with Crippen LogP contribution >= 0.6 is 34.5 Å². The maximum Gasteiger partial charge on any atom is 0.348 e. The zero-order valence-electron chi connectivity index (χ0n) is 14.0. The number of hydrogen-bond acceptors (Lipinski definition) is 3. The molecule has 2 heterocycles. The van der Waals surface area contributed by atoms with Crippen molar-refractivity contribution in [2.45, 2.75) is 39.3 Å². The maximum absolute atomic E-state index is 12.3. The van der Waals surface area contributed by atoms with Gasteiger partial charge in [0.2, 0.25) is 0 Å². The summed E-state index contributed by atoms with van der Waals surface area (Å²) in [4.78, 5) is 18.3. The lowest BCUT2D eigenvalue weighted by Crippen LogP contribution is -2.26. The molecule has 1 aliphatic rings. The number of rotatable bonds is 3. The van der Waals surface area contributed by atoms with E-state index in [9.17, 15) is 4.79 Å². The van der Waals surface area contributed by atoms with Gasteiger partial charge in [0.1, 0.15) is 0 Å². The summed E-state index contributed by atoms with van der Waals surface area (Å²) < 4.78 is 7.77. The Bertz CT molecular complexity index is 854. The van der Waals surface area contributed by atoms with Crippen molar-refractivity contribution in [2.75, 3.05) is 11.9 Å². The number of thiazole rings is 1. The van der Waals surface area contributed by atoms with Gasteiger partial charge in [-0.15, -0.1) is 11.3 Å². The number of amides is 2. The molecule has 2 aromatic rings. The number of urea groups is 1. The first kappa shape index (κ1) is 18.5. The van der Waals surface area contributed by atoms with Crippen molar-refractivity contribution in [3.05, 3.63) is 43.6 Å². The summed E-state index contributed by atoms with van der Waals surface area (Å²) in [5.74, 6) is 0. The van der Waals surface area contributed by atoms with Crippen molar-refractivity contribution < 1.29 is 9.53 Å². The third-order valence-electron chi connectivity index (χ3n) is 4.19. The number of aryl methyl sites for hydroxylation is 1. The molecule has 1 aliphatic heterocycles. The zero-order chi connectivity index (χ0) is 18.0. The summed E-state index contributed by atoms with van der Waals surface area (Å²) >= 11 is 13.6. The van der Waals surface area contributed by atoms with E-state index in [1.165, 1.54) is 11.3 Å². The van der Waals surface area contributed by atoms with Gasteiger partial charge in [0.05, 0.1) is 28.4 Å². The molecule has 2 amide bonds. The van der Waals surface area contributed by atoms with Crippen molar-refractivity contribution in [1.82, 2.24) is 4.57 Å². The Kier molecular flexibility index (Phi) is 5.84. The van der Waals surface area contributed by atoms with Crippen LogP contribution in [0.1, 0.15) is 23.4 Å². The first-order valence-electron chi connectivity index (χ1n) is 8.04. The van der Waals surface area contributed by atoms with Gasteiger partial charge in [-0.2, -0.15) is 4.99 Å². The fraction of sp³-hybridized carbons (Fsp3) is 0.412. The molecule has 1 aromatic carbocycles. The molecule has 1 aromatic heterocycles. The number of nitrogens with one attached hydrogen (secondary N) is 1. The number of halogens is 2. The second-order valence-corrected chi connectivity index (χ2v) is 7.88. The predicted octanol–water partition coefficient (Wildman–Crippen LogP) is 4.79. The number of nitrogens with zero attached hydrogens (tertiary/aromatic N) is 2. The van der Waals surface area contributed by atoms with E-state index < -0.39 is 6.03 Å². The molecule has 0 saturated carbocycles. The molecule has 3 rings (SSSR count). The average Bonchev–Trinajstić information content (AvgIpc) is 3.16. The van der Waals surface area contributed by atoms with E-state index in [0.29, 0.717) is 27.1 Å². The van der Waals surface area contributed by atoms with Gasteiger partial charge in [-0.3, -0.25) is 0 Å². The van der Waals surface area contributed by atoms with Crippen molar-refractivity contribution in [3.8, 4) is 0 Å². The Balaban J connectivity index is 1.85. The van der Waals surface area contributed by atoms with E-state index in [4.69, 9.17) is 27.9 Å². The van der Waals surface area contributed by atoms with E-state index in [0.717, 1.165) is 30.0 Å². The molecule has 0 radical (unpaired) electrons. The lowest BCUT2D eigenvalue weighted by Gasteiger charge is -2.12. The normalized spacial score (nSPS) is 17.9. The summed E-state index contributed by atoms with van der Waals surface area (Å²) in [6.45, 7) is 5.57. The lowest BCUT2D eigenvalue weighted by atomic mass is 10.2. The van der Waals surface area contributed by atoms with E-state index in [1.54, 1.807) is 18.2 Å². The molecule has 0 spiro atoms. The number of aromatic nitrogens is 1. The van der Waals surface area contributed by atoms with Gasteiger partial charge >= 0.3 is 6.03 Å². The minimum absolute atomic E-state index is 0.178. The SMILES string of the molecule is Cc1s/c(=N\C(=O)Nc2cccc(Cl)c2Cl)n(CC2CCCO2)c1C. The van der Waals surface area contributed by atoms with Crippen molar-refractivity contribution in [1.29, 1.82) is 0 Å². The summed E-state index contributed by atoms with van der Waals surface area (Å²) in [7, 11) is 0. The van der Waals surface area contributed by atoms with Gasteiger partial charge in [-0.25, -0.2) is 4.79 Å². The standard InChI is InChI=1S/C17H19Cl2N3O2S/c1-10-11(2)25-17(22(10)9-12-5-4-8-24-12)21-16(23)20-14-7-3-6-13(18)15(14)19/h3,6-7,12H,4-5,8-9H2,1-2H3,(H,20,23)/b21-17-. The molecule has 1 unspecified atom stereocenters. The minimum atomic E-state index is -0.480. The molecule has 0 aliphatic carbocycles. The highest BCUT2D eigenvalue weighted by Gasteiger charge is 2.19. The Morgan fingerprint density at radius 3 is 2.96 bits per heavy atom. The number of hydrogen-bond donors (Lipinski definition) is 1. The van der Waals surface area contributed by atoms with Crippen molar-refractivity contribution in [2.24, 2.45) is 4.99 Å². The highest BCUT2D eigenvalue weighted by Crippen LogP contribution is 2.29. The third kappa shape index (κ3) is 4.26. The second-order valence-electron chi connectivity index (χ2n) is 5.92. The topological polar surface area (TPSA) is 55.6 Å². The maximum atomic E-state index is 12.3. The molecule has 134 valence electrons. The Hall–Kier alpha value is -1.34. The van der Waals surface area contributed by atoms with Crippen LogP contribution in [0.25, 0.3) is 0 Å². The van der Waals surface area contributed by atoms with Gasteiger partial charge in [0.25, 0.3) is 0 Å². The van der Waals surface area contributed by atoms with Gasteiger partial charge < -0.3 is 14.6 Å². The van der Waals surface area contributed by atoms with E-state index in [2.05, 4.69) is 14.9 Å². The number of carbonyl (C=O) groups excluding carboxylic acids is 1. The molecular formula is C17H19Cl2N3O2S. The van der Waals surface area contributed by atoms with Crippen LogP contribution in [0.4, 0.5) is 10.5 Å². The van der Waals surface area contributed by atoms with Gasteiger partial charge in [-0.1, -0.05) is 29.3 Å². The first-order chi connectivity index (χ1) is 12.0. The molecule has 0 bridgehead atoms. The van der Waals surface area contributed by atoms with Crippen LogP contribution in [0.3, 0.4) is 0 Å². The number of anilines is 1. The second kappa shape index (κ2) is 7.91. The van der Waals surface area contributed by atoms with Crippen LogP contribution in [0, 0.1) is 13.8 Å². The largest absolute Gasteiger partial charge is 0.376 e. The Morgan fingerprint density at radius 1 is 1.44 bits per heavy atom. The van der Waals surface area contributed by atoms with Crippen LogP contribution in [0.15, 0.2) is 23.2 Å². The summed E-state index contributed by atoms with van der Waals surface area (Å²) in [6.07, 6.45) is 2.29. The fourth-order valence-corrected chi connectivity index (χ4v) is 4.05. The van der Waals surface area contributed by atoms with E-state index in [-0.39, 0.29) is 6.10 Å². The molecule has 8 heteroatoms. The van der Waals surface area contributed by atoms with Crippen LogP contribution in [0.5, 0.6) is 0 Å². The fourth-order valence-electron chi connectivity index (χ4n) is 2.72. The highest BCUT2D eigenvalue weighted by molar-refractivity contribution is 7.09. The molecule has 1 fully saturated rings.